The van der Waals surface area contributed by atoms with Crippen LogP contribution in [0.1, 0.15) is 17.5 Å². The van der Waals surface area contributed by atoms with Crippen LogP contribution in [0, 0.1) is 5.82 Å². The Labute approximate surface area is 95.4 Å². The number of halogens is 1. The summed E-state index contributed by atoms with van der Waals surface area (Å²) in [7, 11) is 0. The molecule has 0 saturated heterocycles. The van der Waals surface area contributed by atoms with Crippen molar-refractivity contribution in [3.05, 3.63) is 47.7 Å². The average Bonchev–Trinajstić information content (AvgIpc) is 2.98. The van der Waals surface area contributed by atoms with Crippen LogP contribution in [0.4, 0.5) is 4.39 Å². The highest BCUT2D eigenvalue weighted by molar-refractivity contribution is 5.78. The van der Waals surface area contributed by atoms with Gasteiger partial charge in [0.2, 0.25) is 0 Å². The highest BCUT2D eigenvalue weighted by Gasteiger charge is 2.17. The molecule has 3 aromatic rings. The van der Waals surface area contributed by atoms with E-state index in [-0.39, 0.29) is 5.58 Å². The number of rotatable bonds is 2. The number of nitrogens with two attached hydrogens (primary N) is 1. The fraction of sp³-hybridized carbons (Fsp3) is 0.0909. The van der Waals surface area contributed by atoms with Crippen molar-refractivity contribution in [1.82, 2.24) is 15.4 Å². The number of benzene rings is 1. The fourth-order valence-corrected chi connectivity index (χ4v) is 1.71. The molecule has 0 spiro atoms. The van der Waals surface area contributed by atoms with E-state index < -0.39 is 11.9 Å². The minimum atomic E-state index is -0.555. The lowest BCUT2D eigenvalue weighted by Crippen LogP contribution is -2.11. The van der Waals surface area contributed by atoms with Gasteiger partial charge in [0.1, 0.15) is 17.5 Å². The molecule has 0 amide bonds. The van der Waals surface area contributed by atoms with Gasteiger partial charge in [0.25, 0.3) is 0 Å². The molecule has 0 aliphatic rings. The standard InChI is InChI=1S/C11H9FN4O/c12-7-3-1-2-6-4-9(17-11(6)7)10(13)8-5-14-16-15-8/h1-5,10H,13H2,(H,14,15,16). The highest BCUT2D eigenvalue weighted by atomic mass is 19.1. The number of nitrogens with one attached hydrogen (secondary N) is 1. The molecule has 1 atom stereocenters. The Bertz CT molecular complexity index is 647. The average molecular weight is 232 g/mol. The maximum Gasteiger partial charge on any atom is 0.169 e. The summed E-state index contributed by atoms with van der Waals surface area (Å²) in [5, 5.41) is 10.7. The van der Waals surface area contributed by atoms with Gasteiger partial charge < -0.3 is 10.2 Å². The van der Waals surface area contributed by atoms with Crippen LogP contribution < -0.4 is 5.73 Å². The molecule has 0 bridgehead atoms. The first-order valence-electron chi connectivity index (χ1n) is 5.05. The lowest BCUT2D eigenvalue weighted by Gasteiger charge is -2.02. The predicted molar refractivity (Wildman–Crippen MR) is 58.6 cm³/mol. The second-order valence-electron chi connectivity index (χ2n) is 3.68. The van der Waals surface area contributed by atoms with Crippen LogP contribution in [0.3, 0.4) is 0 Å². The van der Waals surface area contributed by atoms with E-state index in [1.807, 2.05) is 0 Å². The SMILES string of the molecule is NC(c1cn[nH]n1)c1cc2cccc(F)c2o1. The van der Waals surface area contributed by atoms with E-state index in [1.54, 1.807) is 18.2 Å². The van der Waals surface area contributed by atoms with Crippen LogP contribution in [0.2, 0.25) is 0 Å². The van der Waals surface area contributed by atoms with Crippen LogP contribution in [0.25, 0.3) is 11.0 Å². The van der Waals surface area contributed by atoms with Crippen LogP contribution in [0.15, 0.2) is 34.9 Å². The zero-order chi connectivity index (χ0) is 11.8. The Morgan fingerprint density at radius 3 is 3.00 bits per heavy atom. The van der Waals surface area contributed by atoms with Gasteiger partial charge in [0.15, 0.2) is 11.4 Å². The molecule has 0 aliphatic carbocycles. The lowest BCUT2D eigenvalue weighted by atomic mass is 10.1. The van der Waals surface area contributed by atoms with Crippen molar-refractivity contribution in [1.29, 1.82) is 0 Å². The molecule has 0 fully saturated rings. The number of furan rings is 1. The first-order chi connectivity index (χ1) is 8.25. The molecular weight excluding hydrogens is 223 g/mol. The second kappa shape index (κ2) is 3.67. The molecule has 86 valence electrons. The lowest BCUT2D eigenvalue weighted by molar-refractivity contribution is 0.499. The predicted octanol–water partition coefficient (Wildman–Crippen LogP) is 1.74. The maximum absolute atomic E-state index is 13.4. The molecule has 0 saturated carbocycles. The number of para-hydroxylation sites is 1. The first-order valence-corrected chi connectivity index (χ1v) is 5.05. The van der Waals surface area contributed by atoms with Crippen LogP contribution in [-0.2, 0) is 0 Å². The molecule has 2 aromatic heterocycles. The number of nitrogens with zero attached hydrogens (tertiary/aromatic N) is 2. The number of aromatic nitrogens is 3. The molecule has 6 heteroatoms. The summed E-state index contributed by atoms with van der Waals surface area (Å²) in [4.78, 5) is 0. The van der Waals surface area contributed by atoms with Gasteiger partial charge >= 0.3 is 0 Å². The summed E-state index contributed by atoms with van der Waals surface area (Å²) < 4.78 is 18.8. The fourth-order valence-electron chi connectivity index (χ4n) is 1.71. The van der Waals surface area contributed by atoms with Crippen molar-refractivity contribution in [2.45, 2.75) is 6.04 Å². The van der Waals surface area contributed by atoms with Gasteiger partial charge in [-0.1, -0.05) is 12.1 Å². The summed E-state index contributed by atoms with van der Waals surface area (Å²) in [6.07, 6.45) is 1.51. The van der Waals surface area contributed by atoms with Crippen molar-refractivity contribution >= 4 is 11.0 Å². The van der Waals surface area contributed by atoms with E-state index in [0.29, 0.717) is 16.8 Å². The van der Waals surface area contributed by atoms with E-state index in [2.05, 4.69) is 15.4 Å². The zero-order valence-corrected chi connectivity index (χ0v) is 8.72. The molecule has 1 aromatic carbocycles. The Morgan fingerprint density at radius 2 is 2.29 bits per heavy atom. The third-order valence-electron chi connectivity index (χ3n) is 2.57. The highest BCUT2D eigenvalue weighted by Crippen LogP contribution is 2.27. The second-order valence-corrected chi connectivity index (χ2v) is 3.68. The van der Waals surface area contributed by atoms with Gasteiger partial charge in [0.05, 0.1) is 6.20 Å². The van der Waals surface area contributed by atoms with Gasteiger partial charge in [0, 0.05) is 5.39 Å². The van der Waals surface area contributed by atoms with Gasteiger partial charge in [-0.2, -0.15) is 15.4 Å². The van der Waals surface area contributed by atoms with Crippen molar-refractivity contribution < 1.29 is 8.81 Å². The number of aromatic amines is 1. The van der Waals surface area contributed by atoms with Crippen molar-refractivity contribution in [2.24, 2.45) is 5.73 Å². The smallest absolute Gasteiger partial charge is 0.169 e. The summed E-state index contributed by atoms with van der Waals surface area (Å²) in [6.45, 7) is 0. The van der Waals surface area contributed by atoms with Gasteiger partial charge in [-0.15, -0.1) is 0 Å². The Hall–Kier alpha value is -2.21. The maximum atomic E-state index is 13.4. The molecular formula is C11H9FN4O. The van der Waals surface area contributed by atoms with E-state index in [9.17, 15) is 4.39 Å². The molecule has 0 radical (unpaired) electrons. The van der Waals surface area contributed by atoms with Gasteiger partial charge in [-0.05, 0) is 12.1 Å². The molecule has 17 heavy (non-hydrogen) atoms. The minimum Gasteiger partial charge on any atom is -0.456 e. The van der Waals surface area contributed by atoms with Crippen LogP contribution >= 0.6 is 0 Å². The summed E-state index contributed by atoms with van der Waals surface area (Å²) in [5.41, 5.74) is 6.69. The van der Waals surface area contributed by atoms with Crippen molar-refractivity contribution in [3.8, 4) is 0 Å². The number of H-pyrrole nitrogens is 1. The quantitative estimate of drug-likeness (QED) is 0.705. The van der Waals surface area contributed by atoms with E-state index in [0.717, 1.165) is 0 Å². The molecule has 3 N–H and O–H groups in total. The Morgan fingerprint density at radius 1 is 1.41 bits per heavy atom. The Balaban J connectivity index is 2.10. The molecule has 2 heterocycles. The zero-order valence-electron chi connectivity index (χ0n) is 8.72. The van der Waals surface area contributed by atoms with Crippen molar-refractivity contribution in [3.63, 3.8) is 0 Å². The van der Waals surface area contributed by atoms with Crippen LogP contribution in [-0.4, -0.2) is 15.4 Å². The van der Waals surface area contributed by atoms with E-state index in [4.69, 9.17) is 10.2 Å². The van der Waals surface area contributed by atoms with Crippen molar-refractivity contribution in [2.75, 3.05) is 0 Å². The van der Waals surface area contributed by atoms with E-state index in [1.165, 1.54) is 12.3 Å². The summed E-state index contributed by atoms with van der Waals surface area (Å²) in [6, 6.07) is 5.88. The summed E-state index contributed by atoms with van der Waals surface area (Å²) >= 11 is 0. The topological polar surface area (TPSA) is 80.7 Å². The number of fused-ring (bicyclic) bond motifs is 1. The number of hydrogen-bond donors (Lipinski definition) is 2. The molecule has 5 nitrogen and oxygen atoms in total. The monoisotopic (exact) mass is 232 g/mol. The van der Waals surface area contributed by atoms with Gasteiger partial charge in [-0.25, -0.2) is 4.39 Å². The minimum absolute atomic E-state index is 0.210. The van der Waals surface area contributed by atoms with E-state index >= 15 is 0 Å². The largest absolute Gasteiger partial charge is 0.456 e. The molecule has 1 unspecified atom stereocenters. The normalized spacial score (nSPS) is 13.1. The number of hydrogen-bond acceptors (Lipinski definition) is 4. The molecule has 3 rings (SSSR count). The van der Waals surface area contributed by atoms with Crippen LogP contribution in [0.5, 0.6) is 0 Å². The third kappa shape index (κ3) is 1.58. The molecule has 0 aliphatic heterocycles. The Kier molecular flexibility index (Phi) is 2.15. The van der Waals surface area contributed by atoms with Gasteiger partial charge in [-0.3, -0.25) is 0 Å². The first kappa shape index (κ1) is 9.98. The summed E-state index contributed by atoms with van der Waals surface area (Å²) in [5.74, 6) is 0.0557. The third-order valence-corrected chi connectivity index (χ3v) is 2.57.